The number of carbonyl (C=O) groups excluding carboxylic acids is 1. The van der Waals surface area contributed by atoms with Gasteiger partial charge in [-0.05, 0) is 77.5 Å². The number of halogens is 1. The summed E-state index contributed by atoms with van der Waals surface area (Å²) in [6.45, 7) is 7.96. The average Bonchev–Trinajstić information content (AvgIpc) is 3.35. The van der Waals surface area contributed by atoms with E-state index in [1.54, 1.807) is 6.20 Å². The molecule has 8 heteroatoms. The maximum absolute atomic E-state index is 15.0. The summed E-state index contributed by atoms with van der Waals surface area (Å²) >= 11 is 0. The highest BCUT2D eigenvalue weighted by Crippen LogP contribution is 2.33. The first-order valence-electron chi connectivity index (χ1n) is 11.5. The van der Waals surface area contributed by atoms with Gasteiger partial charge in [0.1, 0.15) is 17.0 Å². The minimum absolute atomic E-state index is 0.124. The number of rotatable bonds is 4. The lowest BCUT2D eigenvalue weighted by Crippen LogP contribution is -2.43. The van der Waals surface area contributed by atoms with E-state index in [1.165, 1.54) is 6.07 Å². The molecular weight excluding hydrogens is 419 g/mol. The molecule has 0 saturated carbocycles. The third-order valence-electron chi connectivity index (χ3n) is 6.60. The summed E-state index contributed by atoms with van der Waals surface area (Å²) in [6, 6.07) is 5.64. The van der Waals surface area contributed by atoms with Crippen molar-refractivity contribution in [1.82, 2.24) is 29.7 Å². The average molecular weight is 449 g/mol. The van der Waals surface area contributed by atoms with Crippen molar-refractivity contribution in [3.05, 3.63) is 47.8 Å². The molecule has 1 aromatic carbocycles. The number of aromatic amines is 1. The van der Waals surface area contributed by atoms with Gasteiger partial charge in [0, 0.05) is 35.4 Å². The summed E-state index contributed by atoms with van der Waals surface area (Å²) in [5.74, 6) is 0.300. The van der Waals surface area contributed by atoms with Gasteiger partial charge in [0.25, 0.3) is 5.91 Å². The number of aromatic nitrogens is 4. The molecule has 0 unspecified atom stereocenters. The molecule has 33 heavy (non-hydrogen) atoms. The van der Waals surface area contributed by atoms with Gasteiger partial charge in [-0.25, -0.2) is 14.4 Å². The van der Waals surface area contributed by atoms with Gasteiger partial charge in [-0.1, -0.05) is 0 Å². The lowest BCUT2D eigenvalue weighted by molar-refractivity contribution is 0.0916. The van der Waals surface area contributed by atoms with E-state index in [4.69, 9.17) is 0 Å². The highest BCUT2D eigenvalue weighted by molar-refractivity contribution is 6.02. The van der Waals surface area contributed by atoms with Gasteiger partial charge in [0.05, 0.1) is 11.1 Å². The zero-order chi connectivity index (χ0) is 23.3. The van der Waals surface area contributed by atoms with E-state index in [0.717, 1.165) is 53.8 Å². The van der Waals surface area contributed by atoms with Crippen molar-refractivity contribution >= 4 is 28.0 Å². The molecule has 172 valence electrons. The maximum atomic E-state index is 15.0. The van der Waals surface area contributed by atoms with E-state index >= 15 is 4.39 Å². The molecule has 0 aliphatic carbocycles. The number of carbonyl (C=O) groups is 1. The van der Waals surface area contributed by atoms with Crippen LogP contribution in [0.3, 0.4) is 0 Å². The van der Waals surface area contributed by atoms with Crippen molar-refractivity contribution in [3.63, 3.8) is 0 Å². The number of fused-ring (bicyclic) bond motifs is 2. The van der Waals surface area contributed by atoms with Crippen LogP contribution < -0.4 is 5.32 Å². The second-order valence-corrected chi connectivity index (χ2v) is 9.32. The summed E-state index contributed by atoms with van der Waals surface area (Å²) in [4.78, 5) is 27.2. The minimum Gasteiger partial charge on any atom is -0.349 e. The Morgan fingerprint density at radius 1 is 1.24 bits per heavy atom. The summed E-state index contributed by atoms with van der Waals surface area (Å²) < 4.78 is 17.1. The normalized spacial score (nSPS) is 15.7. The Hall–Kier alpha value is -3.26. The second-order valence-electron chi connectivity index (χ2n) is 9.32. The molecule has 7 nitrogen and oxygen atoms in total. The lowest BCUT2D eigenvalue weighted by atomic mass is 10.0. The molecule has 1 saturated heterocycles. The van der Waals surface area contributed by atoms with Crippen molar-refractivity contribution in [2.75, 3.05) is 20.1 Å². The number of pyridine rings is 1. The van der Waals surface area contributed by atoms with Crippen LogP contribution in [0.1, 0.15) is 48.9 Å². The zero-order valence-corrected chi connectivity index (χ0v) is 19.4. The lowest BCUT2D eigenvalue weighted by Gasteiger charge is -2.29. The Kier molecular flexibility index (Phi) is 5.40. The fraction of sp³-hybridized carbons (Fsp3) is 0.400. The summed E-state index contributed by atoms with van der Waals surface area (Å²) in [7, 11) is 2.10. The number of imidazole rings is 1. The molecule has 1 amide bonds. The molecular formula is C25H29FN6O. The monoisotopic (exact) mass is 448 g/mol. The van der Waals surface area contributed by atoms with Crippen LogP contribution in [0.2, 0.25) is 0 Å². The van der Waals surface area contributed by atoms with Crippen molar-refractivity contribution < 1.29 is 9.18 Å². The molecule has 4 heterocycles. The summed E-state index contributed by atoms with van der Waals surface area (Å²) in [5.41, 5.74) is 3.84. The zero-order valence-electron chi connectivity index (χ0n) is 19.4. The molecule has 0 spiro atoms. The van der Waals surface area contributed by atoms with Crippen LogP contribution in [0.5, 0.6) is 0 Å². The van der Waals surface area contributed by atoms with E-state index < -0.39 is 0 Å². The number of benzene rings is 1. The highest BCUT2D eigenvalue weighted by Gasteiger charge is 2.21. The van der Waals surface area contributed by atoms with Crippen molar-refractivity contribution in [2.45, 2.75) is 45.7 Å². The first-order valence-corrected chi connectivity index (χ1v) is 11.5. The maximum Gasteiger partial charge on any atom is 0.253 e. The van der Waals surface area contributed by atoms with Crippen LogP contribution in [0, 0.1) is 12.7 Å². The van der Waals surface area contributed by atoms with Gasteiger partial charge < -0.3 is 19.8 Å². The number of H-pyrrole nitrogens is 1. The fourth-order valence-electron chi connectivity index (χ4n) is 4.86. The van der Waals surface area contributed by atoms with E-state index in [0.29, 0.717) is 16.7 Å². The molecule has 0 atom stereocenters. The molecule has 1 aliphatic rings. The van der Waals surface area contributed by atoms with E-state index in [9.17, 15) is 4.79 Å². The number of hydrogen-bond acceptors (Lipinski definition) is 4. The Morgan fingerprint density at radius 2 is 2.00 bits per heavy atom. The van der Waals surface area contributed by atoms with Gasteiger partial charge in [-0.3, -0.25) is 4.79 Å². The molecule has 0 bridgehead atoms. The number of nitrogens with one attached hydrogen (secondary N) is 2. The number of piperidine rings is 1. The van der Waals surface area contributed by atoms with Gasteiger partial charge >= 0.3 is 0 Å². The van der Waals surface area contributed by atoms with Crippen LogP contribution in [-0.2, 0) is 0 Å². The third-order valence-corrected chi connectivity index (χ3v) is 6.60. The van der Waals surface area contributed by atoms with Crippen molar-refractivity contribution in [2.24, 2.45) is 0 Å². The standard InChI is InChI=1S/C25H29FN6O/c1-14(2)32-15(3)29-23-21(26)10-16(11-22(23)32)20-13-28-24-19(20)9-17(12-27-24)25(33)30-18-5-7-31(4)8-6-18/h9-14,18H,5-8H2,1-4H3,(H,27,28)(H,30,33). The molecule has 2 N–H and O–H groups in total. The SMILES string of the molecule is Cc1nc2c(F)cc(-c3c[nH]c4ncc(C(=O)NC5CCN(C)CC5)cc34)cc2n1C(C)C. The number of nitrogens with zero attached hydrogens (tertiary/aromatic N) is 4. The van der Waals surface area contributed by atoms with Gasteiger partial charge in [-0.15, -0.1) is 0 Å². The van der Waals surface area contributed by atoms with Gasteiger partial charge in [-0.2, -0.15) is 0 Å². The van der Waals surface area contributed by atoms with Crippen molar-refractivity contribution in [1.29, 1.82) is 0 Å². The third kappa shape index (κ3) is 3.88. The smallest absolute Gasteiger partial charge is 0.253 e. The van der Waals surface area contributed by atoms with Gasteiger partial charge in [0.15, 0.2) is 5.82 Å². The molecule has 1 fully saturated rings. The predicted molar refractivity (Wildman–Crippen MR) is 128 cm³/mol. The predicted octanol–water partition coefficient (Wildman–Crippen LogP) is 4.43. The van der Waals surface area contributed by atoms with Crippen LogP contribution in [0.4, 0.5) is 4.39 Å². The number of hydrogen-bond donors (Lipinski definition) is 2. The molecule has 3 aromatic heterocycles. The first kappa shape index (κ1) is 21.6. The topological polar surface area (TPSA) is 78.8 Å². The van der Waals surface area contributed by atoms with E-state index in [2.05, 4.69) is 46.1 Å². The first-order chi connectivity index (χ1) is 15.8. The number of likely N-dealkylation sites (tertiary alicyclic amines) is 1. The van der Waals surface area contributed by atoms with E-state index in [-0.39, 0.29) is 23.8 Å². The largest absolute Gasteiger partial charge is 0.349 e. The van der Waals surface area contributed by atoms with Crippen molar-refractivity contribution in [3.8, 4) is 11.1 Å². The number of amides is 1. The molecule has 4 aromatic rings. The quantitative estimate of drug-likeness (QED) is 0.484. The summed E-state index contributed by atoms with van der Waals surface area (Å²) in [6.07, 6.45) is 5.29. The Bertz CT molecular complexity index is 1350. The Morgan fingerprint density at radius 3 is 2.73 bits per heavy atom. The van der Waals surface area contributed by atoms with Crippen LogP contribution in [0.25, 0.3) is 33.2 Å². The van der Waals surface area contributed by atoms with Crippen LogP contribution in [0.15, 0.2) is 30.6 Å². The van der Waals surface area contributed by atoms with Crippen LogP contribution in [-0.4, -0.2) is 56.5 Å². The van der Waals surface area contributed by atoms with E-state index in [1.807, 2.05) is 29.8 Å². The number of aryl methyl sites for hydroxylation is 1. The fourth-order valence-corrected chi connectivity index (χ4v) is 4.86. The molecule has 0 radical (unpaired) electrons. The Labute approximate surface area is 192 Å². The Balaban J connectivity index is 1.52. The molecule has 1 aliphatic heterocycles. The molecule has 5 rings (SSSR count). The summed E-state index contributed by atoms with van der Waals surface area (Å²) in [5, 5.41) is 3.93. The minimum atomic E-state index is -0.358. The van der Waals surface area contributed by atoms with Crippen LogP contribution >= 0.6 is 0 Å². The highest BCUT2D eigenvalue weighted by atomic mass is 19.1. The second kappa shape index (κ2) is 8.26. The van der Waals surface area contributed by atoms with Gasteiger partial charge in [0.2, 0.25) is 0 Å².